The average Bonchev–Trinajstić information content (AvgIpc) is 3.51. The summed E-state index contributed by atoms with van der Waals surface area (Å²) >= 11 is 0. The monoisotopic (exact) mass is 494 g/mol. The summed E-state index contributed by atoms with van der Waals surface area (Å²) in [5.41, 5.74) is 8.02. The third kappa shape index (κ3) is 4.53. The molecule has 37 heavy (non-hydrogen) atoms. The van der Waals surface area contributed by atoms with Crippen molar-refractivity contribution in [1.29, 1.82) is 0 Å². The molecule has 0 spiro atoms. The summed E-state index contributed by atoms with van der Waals surface area (Å²) in [4.78, 5) is 17.0. The Kier molecular flexibility index (Phi) is 6.04. The van der Waals surface area contributed by atoms with Crippen LogP contribution in [-0.2, 0) is 25.9 Å². The molecule has 1 aromatic heterocycles. The lowest BCUT2D eigenvalue weighted by atomic mass is 9.89. The van der Waals surface area contributed by atoms with Gasteiger partial charge in [-0.2, -0.15) is 5.10 Å². The number of carbonyl (C=O) groups excluding carboxylic acids is 1. The molecule has 6 rings (SSSR count). The number of hydrogen-bond donors (Lipinski definition) is 0. The Morgan fingerprint density at radius 3 is 2.46 bits per heavy atom. The van der Waals surface area contributed by atoms with E-state index in [4.69, 9.17) is 14.6 Å². The second kappa shape index (κ2) is 9.65. The number of anilines is 1. The van der Waals surface area contributed by atoms with Gasteiger partial charge >= 0.3 is 6.03 Å². The van der Waals surface area contributed by atoms with Crippen LogP contribution in [0.15, 0.2) is 72.9 Å². The standard InChI is InChI=1S/C30H30N4O3/c1-36-25-10-6-21(7-11-25)19-33-20-28-27-12-9-24(17-23(27)8-13-29(28)31-33)34-15-14-32(30(34)35)18-22-4-3-5-26(16-22)37-2/h3-7,9-12,16-17,20H,8,13-15,18-19H2,1-2H3. The number of urea groups is 1. The number of hydrogen-bond acceptors (Lipinski definition) is 4. The van der Waals surface area contributed by atoms with Crippen molar-refractivity contribution < 1.29 is 14.3 Å². The van der Waals surface area contributed by atoms with Crippen molar-refractivity contribution in [2.75, 3.05) is 32.2 Å². The van der Waals surface area contributed by atoms with Crippen molar-refractivity contribution in [3.05, 3.63) is 95.3 Å². The first kappa shape index (κ1) is 23.2. The summed E-state index contributed by atoms with van der Waals surface area (Å²) in [6.07, 6.45) is 3.97. The van der Waals surface area contributed by atoms with Gasteiger partial charge in [-0.3, -0.25) is 9.58 Å². The van der Waals surface area contributed by atoms with E-state index in [9.17, 15) is 4.79 Å². The molecular formula is C30H30N4O3. The van der Waals surface area contributed by atoms with Gasteiger partial charge in [0.2, 0.25) is 0 Å². The molecule has 0 atom stereocenters. The van der Waals surface area contributed by atoms with Gasteiger partial charge in [0.05, 0.1) is 26.5 Å². The quantitative estimate of drug-likeness (QED) is 0.356. The molecule has 1 saturated heterocycles. The Labute approximate surface area is 216 Å². The van der Waals surface area contributed by atoms with Gasteiger partial charge in [-0.05, 0) is 71.5 Å². The largest absolute Gasteiger partial charge is 0.497 e. The highest BCUT2D eigenvalue weighted by molar-refractivity contribution is 5.94. The van der Waals surface area contributed by atoms with Gasteiger partial charge in [-0.15, -0.1) is 0 Å². The molecule has 188 valence electrons. The smallest absolute Gasteiger partial charge is 0.324 e. The first-order chi connectivity index (χ1) is 18.1. The minimum absolute atomic E-state index is 0.0478. The van der Waals surface area contributed by atoms with Crippen LogP contribution in [-0.4, -0.2) is 48.0 Å². The lowest BCUT2D eigenvalue weighted by Crippen LogP contribution is -2.31. The predicted molar refractivity (Wildman–Crippen MR) is 143 cm³/mol. The van der Waals surface area contributed by atoms with E-state index in [1.165, 1.54) is 22.3 Å². The fourth-order valence-corrected chi connectivity index (χ4v) is 5.30. The zero-order valence-corrected chi connectivity index (χ0v) is 21.2. The molecular weight excluding hydrogens is 464 g/mol. The maximum absolute atomic E-state index is 13.2. The Morgan fingerprint density at radius 1 is 0.811 bits per heavy atom. The van der Waals surface area contributed by atoms with Crippen LogP contribution in [0.5, 0.6) is 11.5 Å². The number of benzene rings is 3. The minimum Gasteiger partial charge on any atom is -0.497 e. The molecule has 1 aliphatic heterocycles. The van der Waals surface area contributed by atoms with Gasteiger partial charge in [0.1, 0.15) is 11.5 Å². The molecule has 1 aliphatic carbocycles. The number of fused-ring (bicyclic) bond motifs is 3. The van der Waals surface area contributed by atoms with E-state index in [2.05, 4.69) is 36.5 Å². The first-order valence-electron chi connectivity index (χ1n) is 12.6. The maximum Gasteiger partial charge on any atom is 0.324 e. The van der Waals surface area contributed by atoms with Crippen LogP contribution in [0.2, 0.25) is 0 Å². The lowest BCUT2D eigenvalue weighted by molar-refractivity contribution is 0.218. The van der Waals surface area contributed by atoms with Gasteiger partial charge in [0, 0.05) is 37.1 Å². The van der Waals surface area contributed by atoms with Crippen molar-refractivity contribution >= 4 is 11.7 Å². The SMILES string of the molecule is COc1ccc(Cn2cc3c(n2)CCc2cc(N4CCN(Cc5cccc(OC)c5)C4=O)ccc2-3)cc1. The molecule has 0 N–H and O–H groups in total. The van der Waals surface area contributed by atoms with E-state index in [1.807, 2.05) is 50.9 Å². The van der Waals surface area contributed by atoms with E-state index in [0.29, 0.717) is 19.6 Å². The number of ether oxygens (including phenoxy) is 2. The third-order valence-corrected chi connectivity index (χ3v) is 7.27. The molecule has 7 heteroatoms. The van der Waals surface area contributed by atoms with Crippen molar-refractivity contribution in [2.24, 2.45) is 0 Å². The summed E-state index contributed by atoms with van der Waals surface area (Å²) in [5, 5.41) is 4.87. The summed E-state index contributed by atoms with van der Waals surface area (Å²) in [7, 11) is 3.34. The minimum atomic E-state index is 0.0478. The number of aryl methyl sites for hydroxylation is 2. The van der Waals surface area contributed by atoms with E-state index in [0.717, 1.165) is 47.8 Å². The van der Waals surface area contributed by atoms with E-state index < -0.39 is 0 Å². The molecule has 0 radical (unpaired) electrons. The Bertz CT molecular complexity index is 1440. The van der Waals surface area contributed by atoms with Crippen molar-refractivity contribution in [3.63, 3.8) is 0 Å². The van der Waals surface area contributed by atoms with E-state index in [1.54, 1.807) is 14.2 Å². The van der Waals surface area contributed by atoms with Crippen LogP contribution in [0, 0.1) is 0 Å². The van der Waals surface area contributed by atoms with Gasteiger partial charge in [0.25, 0.3) is 0 Å². The molecule has 2 amide bonds. The van der Waals surface area contributed by atoms with Crippen LogP contribution < -0.4 is 14.4 Å². The summed E-state index contributed by atoms with van der Waals surface area (Å²) in [6, 6.07) is 22.5. The molecule has 4 aromatic rings. The summed E-state index contributed by atoms with van der Waals surface area (Å²) in [6.45, 7) is 2.69. The number of rotatable bonds is 7. The molecule has 2 aliphatic rings. The molecule has 0 saturated carbocycles. The molecule has 3 aromatic carbocycles. The number of nitrogens with zero attached hydrogens (tertiary/aromatic N) is 4. The molecule has 7 nitrogen and oxygen atoms in total. The average molecular weight is 495 g/mol. The molecule has 2 heterocycles. The second-order valence-electron chi connectivity index (χ2n) is 9.58. The van der Waals surface area contributed by atoms with Crippen LogP contribution in [0.4, 0.5) is 10.5 Å². The summed E-state index contributed by atoms with van der Waals surface area (Å²) < 4.78 is 12.6. The number of aromatic nitrogens is 2. The van der Waals surface area contributed by atoms with E-state index >= 15 is 0 Å². The van der Waals surface area contributed by atoms with Crippen molar-refractivity contribution in [1.82, 2.24) is 14.7 Å². The Balaban J connectivity index is 1.18. The van der Waals surface area contributed by atoms with Crippen molar-refractivity contribution in [2.45, 2.75) is 25.9 Å². The second-order valence-corrected chi connectivity index (χ2v) is 9.58. The Hall–Kier alpha value is -4.26. The van der Waals surface area contributed by atoms with Crippen LogP contribution in [0.3, 0.4) is 0 Å². The highest BCUT2D eigenvalue weighted by Gasteiger charge is 2.30. The van der Waals surface area contributed by atoms with Gasteiger partial charge in [0.15, 0.2) is 0 Å². The van der Waals surface area contributed by atoms with Gasteiger partial charge in [-0.25, -0.2) is 4.79 Å². The van der Waals surface area contributed by atoms with E-state index in [-0.39, 0.29) is 6.03 Å². The van der Waals surface area contributed by atoms with Crippen LogP contribution in [0.25, 0.3) is 11.1 Å². The summed E-state index contributed by atoms with van der Waals surface area (Å²) in [5.74, 6) is 1.66. The van der Waals surface area contributed by atoms with Crippen molar-refractivity contribution in [3.8, 4) is 22.6 Å². The zero-order chi connectivity index (χ0) is 25.4. The topological polar surface area (TPSA) is 59.8 Å². The predicted octanol–water partition coefficient (Wildman–Crippen LogP) is 5.16. The first-order valence-corrected chi connectivity index (χ1v) is 12.6. The molecule has 0 unspecified atom stereocenters. The molecule has 1 fully saturated rings. The number of amides is 2. The number of methoxy groups -OCH3 is 2. The fourth-order valence-electron chi connectivity index (χ4n) is 5.30. The maximum atomic E-state index is 13.2. The fraction of sp³-hybridized carbons (Fsp3) is 0.267. The molecule has 0 bridgehead atoms. The normalized spacial score (nSPS) is 14.5. The van der Waals surface area contributed by atoms with Crippen LogP contribution in [0.1, 0.15) is 22.4 Å². The zero-order valence-electron chi connectivity index (χ0n) is 21.2. The lowest BCUT2D eigenvalue weighted by Gasteiger charge is -2.22. The third-order valence-electron chi connectivity index (χ3n) is 7.27. The highest BCUT2D eigenvalue weighted by atomic mass is 16.5. The van der Waals surface area contributed by atoms with Crippen LogP contribution >= 0.6 is 0 Å². The van der Waals surface area contributed by atoms with Gasteiger partial charge in [-0.1, -0.05) is 30.3 Å². The van der Waals surface area contributed by atoms with Gasteiger partial charge < -0.3 is 14.4 Å². The number of carbonyl (C=O) groups is 1. The highest BCUT2D eigenvalue weighted by Crippen LogP contribution is 2.36. The Morgan fingerprint density at radius 2 is 1.65 bits per heavy atom.